The third kappa shape index (κ3) is 3.05. The molecule has 0 saturated carbocycles. The third-order valence-electron chi connectivity index (χ3n) is 4.95. The average molecular weight is 365 g/mol. The molecule has 0 unspecified atom stereocenters. The Morgan fingerprint density at radius 2 is 1.61 bits per heavy atom. The van der Waals surface area contributed by atoms with E-state index in [1.165, 1.54) is 11.1 Å². The minimum Gasteiger partial charge on any atom is -0.510 e. The van der Waals surface area contributed by atoms with Crippen molar-refractivity contribution in [3.63, 3.8) is 0 Å². The van der Waals surface area contributed by atoms with E-state index in [1.807, 2.05) is 53.6 Å². The number of nitrogens with zero attached hydrogens (tertiary/aromatic N) is 2. The fraction of sp³-hybridized carbons (Fsp3) is 0.0417. The lowest BCUT2D eigenvalue weighted by Crippen LogP contribution is -2.21. The van der Waals surface area contributed by atoms with Crippen LogP contribution in [0.3, 0.4) is 0 Å². The van der Waals surface area contributed by atoms with Gasteiger partial charge in [-0.05, 0) is 41.5 Å². The summed E-state index contributed by atoms with van der Waals surface area (Å²) in [4.78, 5) is 10.2. The molecule has 0 radical (unpaired) electrons. The maximum absolute atomic E-state index is 9.76. The summed E-state index contributed by atoms with van der Waals surface area (Å²) in [6.45, 7) is 0.472. The van der Waals surface area contributed by atoms with Gasteiger partial charge in [-0.2, -0.15) is 0 Å². The van der Waals surface area contributed by atoms with Gasteiger partial charge >= 0.3 is 0 Å². The quantitative estimate of drug-likeness (QED) is 0.492. The highest BCUT2D eigenvalue weighted by Crippen LogP contribution is 2.27. The van der Waals surface area contributed by atoms with Gasteiger partial charge in [0.2, 0.25) is 0 Å². The standard InChI is InChI=1S/C24H19N3O/c28-21-7-4-14-27(16-21)20-12-13-22-23(15-20)26-24(25-22)19-10-8-18(9-11-19)17-5-2-1-3-6-17/h1-15,28H,16H2,(H,25,26). The molecule has 136 valence electrons. The number of aliphatic hydroxyl groups is 1. The second-order valence-electron chi connectivity index (χ2n) is 6.86. The van der Waals surface area contributed by atoms with Crippen LogP contribution in [0.5, 0.6) is 0 Å². The van der Waals surface area contributed by atoms with Crippen molar-refractivity contribution >= 4 is 16.7 Å². The lowest BCUT2D eigenvalue weighted by atomic mass is 10.0. The van der Waals surface area contributed by atoms with Crippen LogP contribution in [0.2, 0.25) is 0 Å². The van der Waals surface area contributed by atoms with E-state index in [4.69, 9.17) is 4.98 Å². The van der Waals surface area contributed by atoms with Crippen LogP contribution in [-0.4, -0.2) is 21.6 Å². The number of H-pyrrole nitrogens is 1. The van der Waals surface area contributed by atoms with Crippen LogP contribution in [0, 0.1) is 0 Å². The van der Waals surface area contributed by atoms with E-state index in [-0.39, 0.29) is 0 Å². The van der Waals surface area contributed by atoms with E-state index in [1.54, 1.807) is 6.08 Å². The summed E-state index contributed by atoms with van der Waals surface area (Å²) in [6, 6.07) is 24.9. The number of imidazole rings is 1. The van der Waals surface area contributed by atoms with Gasteiger partial charge in [-0.1, -0.05) is 54.6 Å². The molecule has 28 heavy (non-hydrogen) atoms. The third-order valence-corrected chi connectivity index (χ3v) is 4.95. The summed E-state index contributed by atoms with van der Waals surface area (Å²) in [5.41, 5.74) is 6.34. The van der Waals surface area contributed by atoms with Gasteiger partial charge in [0.15, 0.2) is 0 Å². The van der Waals surface area contributed by atoms with Crippen LogP contribution >= 0.6 is 0 Å². The Bertz CT molecular complexity index is 1190. The summed E-state index contributed by atoms with van der Waals surface area (Å²) in [5, 5.41) is 9.76. The molecule has 0 spiro atoms. The highest BCUT2D eigenvalue weighted by molar-refractivity contribution is 5.83. The van der Waals surface area contributed by atoms with Crippen molar-refractivity contribution in [2.24, 2.45) is 0 Å². The Morgan fingerprint density at radius 3 is 2.39 bits per heavy atom. The van der Waals surface area contributed by atoms with E-state index >= 15 is 0 Å². The summed E-state index contributed by atoms with van der Waals surface area (Å²) in [7, 11) is 0. The zero-order valence-corrected chi connectivity index (χ0v) is 15.2. The van der Waals surface area contributed by atoms with Crippen molar-refractivity contribution in [1.29, 1.82) is 0 Å². The number of rotatable bonds is 3. The van der Waals surface area contributed by atoms with Gasteiger partial charge in [0.05, 0.1) is 17.6 Å². The van der Waals surface area contributed by atoms with Crippen molar-refractivity contribution < 1.29 is 5.11 Å². The molecule has 0 amide bonds. The molecular weight excluding hydrogens is 346 g/mol. The molecule has 3 aromatic carbocycles. The predicted molar refractivity (Wildman–Crippen MR) is 114 cm³/mol. The Morgan fingerprint density at radius 1 is 0.857 bits per heavy atom. The maximum atomic E-state index is 9.76. The van der Waals surface area contributed by atoms with Crippen LogP contribution in [0.25, 0.3) is 33.5 Å². The fourth-order valence-corrected chi connectivity index (χ4v) is 3.48. The van der Waals surface area contributed by atoms with E-state index < -0.39 is 0 Å². The van der Waals surface area contributed by atoms with Crippen molar-refractivity contribution in [1.82, 2.24) is 9.97 Å². The highest BCUT2D eigenvalue weighted by atomic mass is 16.3. The number of nitrogens with one attached hydrogen (secondary N) is 1. The number of allylic oxidation sites excluding steroid dienone is 2. The average Bonchev–Trinajstić information content (AvgIpc) is 3.18. The number of hydrogen-bond donors (Lipinski definition) is 2. The lowest BCUT2D eigenvalue weighted by Gasteiger charge is -2.22. The molecule has 0 fully saturated rings. The van der Waals surface area contributed by atoms with E-state index in [9.17, 15) is 5.11 Å². The van der Waals surface area contributed by atoms with Crippen LogP contribution in [-0.2, 0) is 0 Å². The van der Waals surface area contributed by atoms with E-state index in [2.05, 4.69) is 41.4 Å². The predicted octanol–water partition coefficient (Wildman–Crippen LogP) is 5.67. The number of fused-ring (bicyclic) bond motifs is 1. The minimum absolute atomic E-state index is 0.351. The Hall–Kier alpha value is -3.79. The molecule has 1 aliphatic heterocycles. The smallest absolute Gasteiger partial charge is 0.138 e. The van der Waals surface area contributed by atoms with Gasteiger partial charge < -0.3 is 15.0 Å². The number of anilines is 1. The monoisotopic (exact) mass is 365 g/mol. The molecule has 2 heterocycles. The molecule has 5 rings (SSSR count). The maximum Gasteiger partial charge on any atom is 0.138 e. The first-order valence-corrected chi connectivity index (χ1v) is 9.25. The van der Waals surface area contributed by atoms with Crippen molar-refractivity contribution in [3.05, 3.63) is 96.9 Å². The Labute approximate surface area is 163 Å². The van der Waals surface area contributed by atoms with Gasteiger partial charge in [0, 0.05) is 17.5 Å². The van der Waals surface area contributed by atoms with Crippen LogP contribution in [0.15, 0.2) is 96.9 Å². The second kappa shape index (κ2) is 6.74. The molecule has 4 heteroatoms. The van der Waals surface area contributed by atoms with Crippen LogP contribution in [0.1, 0.15) is 0 Å². The molecule has 1 aromatic heterocycles. The molecule has 4 nitrogen and oxygen atoms in total. The molecule has 1 aliphatic rings. The number of benzene rings is 3. The number of aromatic amines is 1. The molecule has 2 N–H and O–H groups in total. The number of hydrogen-bond acceptors (Lipinski definition) is 3. The van der Waals surface area contributed by atoms with Crippen LogP contribution in [0.4, 0.5) is 5.69 Å². The largest absolute Gasteiger partial charge is 0.510 e. The molecule has 0 saturated heterocycles. The molecule has 0 bridgehead atoms. The first kappa shape index (κ1) is 16.4. The first-order valence-electron chi connectivity index (χ1n) is 9.25. The van der Waals surface area contributed by atoms with E-state index in [0.717, 1.165) is 28.1 Å². The SMILES string of the molecule is OC1=CC=CN(c2ccc3[nH]c(-c4ccc(-c5ccccc5)cc4)nc3c2)C1. The van der Waals surface area contributed by atoms with Gasteiger partial charge in [-0.15, -0.1) is 0 Å². The summed E-state index contributed by atoms with van der Waals surface area (Å²) >= 11 is 0. The zero-order chi connectivity index (χ0) is 18.9. The molecule has 4 aromatic rings. The summed E-state index contributed by atoms with van der Waals surface area (Å²) in [6.07, 6.45) is 5.50. The highest BCUT2D eigenvalue weighted by Gasteiger charge is 2.11. The second-order valence-corrected chi connectivity index (χ2v) is 6.86. The molecule has 0 aliphatic carbocycles. The van der Waals surface area contributed by atoms with Crippen LogP contribution < -0.4 is 4.90 Å². The Balaban J connectivity index is 1.45. The fourth-order valence-electron chi connectivity index (χ4n) is 3.48. The zero-order valence-electron chi connectivity index (χ0n) is 15.2. The van der Waals surface area contributed by atoms with Gasteiger partial charge in [-0.3, -0.25) is 0 Å². The number of aromatic nitrogens is 2. The van der Waals surface area contributed by atoms with Crippen molar-refractivity contribution in [3.8, 4) is 22.5 Å². The summed E-state index contributed by atoms with van der Waals surface area (Å²) in [5.74, 6) is 1.20. The van der Waals surface area contributed by atoms with Gasteiger partial charge in [-0.25, -0.2) is 4.98 Å². The molecular formula is C24H19N3O. The summed E-state index contributed by atoms with van der Waals surface area (Å²) < 4.78 is 0. The number of aliphatic hydroxyl groups excluding tert-OH is 1. The normalized spacial score (nSPS) is 13.7. The van der Waals surface area contributed by atoms with E-state index in [0.29, 0.717) is 12.3 Å². The Kier molecular flexibility index (Phi) is 3.95. The molecule has 0 atom stereocenters. The lowest BCUT2D eigenvalue weighted by molar-refractivity contribution is 0.401. The van der Waals surface area contributed by atoms with Crippen molar-refractivity contribution in [2.75, 3.05) is 11.4 Å². The first-order chi connectivity index (χ1) is 13.8. The van der Waals surface area contributed by atoms with Gasteiger partial charge in [0.25, 0.3) is 0 Å². The topological polar surface area (TPSA) is 52.1 Å². The van der Waals surface area contributed by atoms with Gasteiger partial charge in [0.1, 0.15) is 11.6 Å². The minimum atomic E-state index is 0.351. The van der Waals surface area contributed by atoms with Crippen molar-refractivity contribution in [2.45, 2.75) is 0 Å².